The van der Waals surface area contributed by atoms with E-state index < -0.39 is 0 Å². The van der Waals surface area contributed by atoms with Crippen molar-refractivity contribution >= 4 is 6.03 Å². The molecule has 0 aromatic heterocycles. The zero-order valence-corrected chi connectivity index (χ0v) is 14.4. The van der Waals surface area contributed by atoms with E-state index in [0.29, 0.717) is 6.54 Å². The van der Waals surface area contributed by atoms with Crippen molar-refractivity contribution in [1.29, 1.82) is 0 Å². The Labute approximate surface area is 144 Å². The van der Waals surface area contributed by atoms with E-state index in [1.807, 2.05) is 4.90 Å². The first-order valence-electron chi connectivity index (χ1n) is 9.19. The number of fused-ring (bicyclic) bond motifs is 1. The quantitative estimate of drug-likeness (QED) is 0.810. The van der Waals surface area contributed by atoms with Crippen LogP contribution in [0.4, 0.5) is 4.79 Å². The number of aliphatic hydroxyl groups is 1. The molecule has 1 aromatic rings. The number of carbonyl (C=O) groups excluding carboxylic acids is 1. The Morgan fingerprint density at radius 3 is 2.92 bits per heavy atom. The van der Waals surface area contributed by atoms with E-state index >= 15 is 0 Å². The second-order valence-corrected chi connectivity index (χ2v) is 7.02. The number of benzene rings is 1. The predicted molar refractivity (Wildman–Crippen MR) is 94.8 cm³/mol. The molecule has 1 fully saturated rings. The van der Waals surface area contributed by atoms with Gasteiger partial charge in [0.05, 0.1) is 0 Å². The summed E-state index contributed by atoms with van der Waals surface area (Å²) < 4.78 is 0. The number of carbonyl (C=O) groups is 1. The highest BCUT2D eigenvalue weighted by molar-refractivity contribution is 5.74. The molecule has 0 aliphatic carbocycles. The summed E-state index contributed by atoms with van der Waals surface area (Å²) in [6, 6.07) is 8.70. The summed E-state index contributed by atoms with van der Waals surface area (Å²) in [5, 5.41) is 12.3. The Hall–Kier alpha value is -1.59. The summed E-state index contributed by atoms with van der Waals surface area (Å²) in [5.41, 5.74) is 2.92. The Morgan fingerprint density at radius 1 is 1.25 bits per heavy atom. The van der Waals surface area contributed by atoms with Crippen molar-refractivity contribution in [3.63, 3.8) is 0 Å². The van der Waals surface area contributed by atoms with Crippen molar-refractivity contribution in [1.82, 2.24) is 15.1 Å². The minimum Gasteiger partial charge on any atom is -0.396 e. The lowest BCUT2D eigenvalue weighted by molar-refractivity contribution is 0.129. The third-order valence-electron chi connectivity index (χ3n) is 5.20. The van der Waals surface area contributed by atoms with Crippen LogP contribution in [0, 0.1) is 5.92 Å². The normalized spacial score (nSPS) is 21.4. The van der Waals surface area contributed by atoms with Gasteiger partial charge < -0.3 is 15.3 Å². The van der Waals surface area contributed by atoms with Gasteiger partial charge in [-0.25, -0.2) is 4.79 Å². The van der Waals surface area contributed by atoms with Gasteiger partial charge in [0.2, 0.25) is 0 Å². The lowest BCUT2D eigenvalue weighted by atomic mass is 9.99. The fraction of sp³-hybridized carbons (Fsp3) is 0.632. The number of aliphatic hydroxyl groups excluding tert-OH is 1. The molecule has 0 spiro atoms. The minimum absolute atomic E-state index is 0.0251. The van der Waals surface area contributed by atoms with Gasteiger partial charge in [0.25, 0.3) is 0 Å². The van der Waals surface area contributed by atoms with E-state index in [-0.39, 0.29) is 18.6 Å². The smallest absolute Gasteiger partial charge is 0.317 e. The van der Waals surface area contributed by atoms with Crippen LogP contribution in [-0.4, -0.2) is 60.3 Å². The van der Waals surface area contributed by atoms with Gasteiger partial charge in [0, 0.05) is 45.9 Å². The number of rotatable bonds is 5. The van der Waals surface area contributed by atoms with Crippen molar-refractivity contribution in [3.8, 4) is 0 Å². The van der Waals surface area contributed by atoms with E-state index in [0.717, 1.165) is 58.4 Å². The highest BCUT2D eigenvalue weighted by Gasteiger charge is 2.22. The summed E-state index contributed by atoms with van der Waals surface area (Å²) >= 11 is 0. The van der Waals surface area contributed by atoms with Crippen LogP contribution in [-0.2, 0) is 13.0 Å². The van der Waals surface area contributed by atoms with Crippen LogP contribution in [0.25, 0.3) is 0 Å². The Balaban J connectivity index is 1.35. The first-order valence-corrected chi connectivity index (χ1v) is 9.19. The van der Waals surface area contributed by atoms with E-state index in [1.54, 1.807) is 0 Å². The number of likely N-dealkylation sites (tertiary alicyclic amines) is 1. The van der Waals surface area contributed by atoms with Gasteiger partial charge in [-0.2, -0.15) is 0 Å². The second kappa shape index (κ2) is 8.49. The van der Waals surface area contributed by atoms with Crippen molar-refractivity contribution in [2.45, 2.75) is 32.2 Å². The molecule has 1 saturated heterocycles. The van der Waals surface area contributed by atoms with Gasteiger partial charge >= 0.3 is 6.03 Å². The molecule has 5 nitrogen and oxygen atoms in total. The van der Waals surface area contributed by atoms with E-state index in [2.05, 4.69) is 34.5 Å². The Kier molecular flexibility index (Phi) is 6.10. The molecular formula is C19H29N3O2. The molecule has 1 aromatic carbocycles. The molecule has 24 heavy (non-hydrogen) atoms. The van der Waals surface area contributed by atoms with E-state index in [4.69, 9.17) is 0 Å². The molecular weight excluding hydrogens is 302 g/mol. The molecule has 1 unspecified atom stereocenters. The number of hydrogen-bond donors (Lipinski definition) is 2. The van der Waals surface area contributed by atoms with Crippen molar-refractivity contribution in [2.24, 2.45) is 5.92 Å². The van der Waals surface area contributed by atoms with Crippen LogP contribution in [0.5, 0.6) is 0 Å². The van der Waals surface area contributed by atoms with Gasteiger partial charge in [-0.15, -0.1) is 0 Å². The molecule has 5 heteroatoms. The molecule has 2 heterocycles. The van der Waals surface area contributed by atoms with Gasteiger partial charge in [-0.05, 0) is 42.7 Å². The summed E-state index contributed by atoms with van der Waals surface area (Å²) in [5.74, 6) is 0.248. The van der Waals surface area contributed by atoms with Crippen LogP contribution in [0.2, 0.25) is 0 Å². The first kappa shape index (κ1) is 17.2. The number of hydrogen-bond acceptors (Lipinski definition) is 3. The van der Waals surface area contributed by atoms with E-state index in [9.17, 15) is 9.90 Å². The average Bonchev–Trinajstić information content (AvgIpc) is 2.65. The minimum atomic E-state index is 0.0251. The largest absolute Gasteiger partial charge is 0.396 e. The fourth-order valence-electron chi connectivity index (χ4n) is 3.75. The zero-order chi connectivity index (χ0) is 16.8. The summed E-state index contributed by atoms with van der Waals surface area (Å²) in [7, 11) is 0. The molecule has 2 aliphatic rings. The fourth-order valence-corrected chi connectivity index (χ4v) is 3.75. The molecule has 2 N–H and O–H groups in total. The molecule has 0 radical (unpaired) electrons. The number of amides is 2. The highest BCUT2D eigenvalue weighted by atomic mass is 16.3. The van der Waals surface area contributed by atoms with Crippen LogP contribution >= 0.6 is 0 Å². The van der Waals surface area contributed by atoms with Gasteiger partial charge in [-0.1, -0.05) is 24.3 Å². The lowest BCUT2D eigenvalue weighted by Crippen LogP contribution is -2.46. The van der Waals surface area contributed by atoms with Crippen LogP contribution in [0.15, 0.2) is 24.3 Å². The van der Waals surface area contributed by atoms with Gasteiger partial charge in [0.15, 0.2) is 0 Å². The van der Waals surface area contributed by atoms with Crippen LogP contribution < -0.4 is 5.32 Å². The van der Waals surface area contributed by atoms with Gasteiger partial charge in [0.1, 0.15) is 0 Å². The van der Waals surface area contributed by atoms with Gasteiger partial charge in [-0.3, -0.25) is 4.90 Å². The summed E-state index contributed by atoms with van der Waals surface area (Å²) in [4.78, 5) is 16.5. The molecule has 0 saturated carbocycles. The topological polar surface area (TPSA) is 55.8 Å². The van der Waals surface area contributed by atoms with Crippen molar-refractivity contribution in [2.75, 3.05) is 39.3 Å². The molecule has 3 rings (SSSR count). The predicted octanol–water partition coefficient (Wildman–Crippen LogP) is 1.85. The van der Waals surface area contributed by atoms with Crippen molar-refractivity contribution < 1.29 is 9.90 Å². The second-order valence-electron chi connectivity index (χ2n) is 7.02. The molecule has 1 atom stereocenters. The molecule has 132 valence electrons. The number of nitrogens with one attached hydrogen (secondary N) is 1. The van der Waals surface area contributed by atoms with E-state index in [1.165, 1.54) is 11.1 Å². The molecule has 0 bridgehead atoms. The SMILES string of the molecule is O=C(NCCCN1CCc2ccccc2C1)N1CCCC(CO)C1. The average molecular weight is 331 g/mol. The van der Waals surface area contributed by atoms with Crippen LogP contribution in [0.3, 0.4) is 0 Å². The van der Waals surface area contributed by atoms with Crippen molar-refractivity contribution in [3.05, 3.63) is 35.4 Å². The summed E-state index contributed by atoms with van der Waals surface area (Å²) in [6.07, 6.45) is 4.12. The monoisotopic (exact) mass is 331 g/mol. The Bertz CT molecular complexity index is 549. The maximum absolute atomic E-state index is 12.2. The third-order valence-corrected chi connectivity index (χ3v) is 5.20. The third kappa shape index (κ3) is 4.48. The summed E-state index contributed by atoms with van der Waals surface area (Å²) in [6.45, 7) is 5.55. The standard InChI is InChI=1S/C19H29N3O2/c23-15-16-5-3-11-22(13-16)19(24)20-9-4-10-21-12-8-17-6-1-2-7-18(17)14-21/h1-2,6-7,16,23H,3-5,8-15H2,(H,20,24). The molecule has 2 aliphatic heterocycles. The lowest BCUT2D eigenvalue weighted by Gasteiger charge is -2.32. The Morgan fingerprint density at radius 2 is 2.08 bits per heavy atom. The highest BCUT2D eigenvalue weighted by Crippen LogP contribution is 2.18. The number of piperidine rings is 1. The van der Waals surface area contributed by atoms with Crippen LogP contribution in [0.1, 0.15) is 30.4 Å². The zero-order valence-electron chi connectivity index (χ0n) is 14.4. The first-order chi connectivity index (χ1) is 11.8. The maximum atomic E-state index is 12.2. The number of urea groups is 1. The molecule has 2 amide bonds. The maximum Gasteiger partial charge on any atom is 0.317 e. The number of nitrogens with zero attached hydrogens (tertiary/aromatic N) is 2.